The molecule has 0 amide bonds. The van der Waals surface area contributed by atoms with Crippen LogP contribution >= 0.6 is 11.3 Å². The van der Waals surface area contributed by atoms with Crippen LogP contribution in [0.25, 0.3) is 263 Å². The highest BCUT2D eigenvalue weighted by molar-refractivity contribution is 7.26. The summed E-state index contributed by atoms with van der Waals surface area (Å²) in [4.78, 5) is 21.1. The highest BCUT2D eigenvalue weighted by Crippen LogP contribution is 2.51. The maximum absolute atomic E-state index is 6.49. The Balaban J connectivity index is 0.000000131. The number of benzene rings is 18. The summed E-state index contributed by atoms with van der Waals surface area (Å²) in [6.45, 7) is 0. The molecule has 0 fully saturated rings. The van der Waals surface area contributed by atoms with Crippen LogP contribution in [0.5, 0.6) is 0 Å². The summed E-state index contributed by atoms with van der Waals surface area (Å²) in [7, 11) is 0. The van der Waals surface area contributed by atoms with E-state index in [0.717, 1.165) is 94.0 Å². The van der Waals surface area contributed by atoms with Crippen molar-refractivity contribution < 1.29 is 4.42 Å². The maximum atomic E-state index is 6.49. The number of hydrogen-bond donors (Lipinski definition) is 0. The minimum Gasteiger partial charge on any atom is -0.452 e. The monoisotopic (exact) mass is 1620 g/mol. The van der Waals surface area contributed by atoms with Gasteiger partial charge >= 0.3 is 0 Å². The van der Waals surface area contributed by atoms with Crippen LogP contribution in [0.4, 0.5) is 0 Å². The molecule has 28 rings (SSSR count). The Morgan fingerprint density at radius 2 is 0.556 bits per heavy atom. The number of aromatic nitrogens is 8. The number of para-hydroxylation sites is 5. The summed E-state index contributed by atoms with van der Waals surface area (Å²) in [6.07, 6.45) is 0. The zero-order valence-electron chi connectivity index (χ0n) is 67.7. The van der Waals surface area contributed by atoms with Crippen molar-refractivity contribution in [1.82, 2.24) is 37.9 Å². The van der Waals surface area contributed by atoms with Gasteiger partial charge in [-0.25, -0.2) is 19.9 Å². The zero-order chi connectivity index (χ0) is 82.3. The molecule has 0 saturated heterocycles. The molecule has 9 nitrogen and oxygen atoms in total. The largest absolute Gasteiger partial charge is 0.452 e. The minimum absolute atomic E-state index is 0.651. The van der Waals surface area contributed by atoms with Gasteiger partial charge in [0.25, 0.3) is 0 Å². The predicted molar refractivity (Wildman–Crippen MR) is 526 cm³/mol. The van der Waals surface area contributed by atoms with E-state index in [1.165, 1.54) is 158 Å². The van der Waals surface area contributed by atoms with Gasteiger partial charge in [0.1, 0.15) is 16.8 Å². The Morgan fingerprint density at radius 1 is 0.214 bits per heavy atom. The first-order valence-corrected chi connectivity index (χ1v) is 43.6. The van der Waals surface area contributed by atoms with Crippen LogP contribution in [0.1, 0.15) is 0 Å². The van der Waals surface area contributed by atoms with Crippen LogP contribution in [0.3, 0.4) is 0 Å². The van der Waals surface area contributed by atoms with Gasteiger partial charge in [0.05, 0.1) is 71.1 Å². The fourth-order valence-electron chi connectivity index (χ4n) is 20.4. The van der Waals surface area contributed by atoms with E-state index in [4.69, 9.17) is 24.4 Å². The highest BCUT2D eigenvalue weighted by Gasteiger charge is 2.29. The Hall–Kier alpha value is -16.7. The lowest BCUT2D eigenvalue weighted by molar-refractivity contribution is 0.667. The van der Waals surface area contributed by atoms with Gasteiger partial charge in [0, 0.05) is 114 Å². The molecule has 0 saturated carbocycles. The SMILES string of the molecule is c1ccc(-c2ccc(-c3nc(-c4ccc(-n5c6ccccc6c6cc7c8cc(-c9ccccc9)ccc8n8c9ccccc9c(c65)c78)cc4)nc4c3oc3ccccc34)cc2)cc1.c1ccc(-c2ccc(-c3nc(-c4ccc(-n5c6ccccc6c6cc7c8cc(-c9ccccc9)ccc8n8c9ccccc9c(c65)c78)cc4)nc4c3sc3ccccc34)cc2)cc1. The molecule has 0 atom stereocenters. The fourth-order valence-corrected chi connectivity index (χ4v) is 21.6. The first kappa shape index (κ1) is 70.1. The second-order valence-electron chi connectivity index (χ2n) is 33.0. The third-order valence-corrected chi connectivity index (χ3v) is 27.3. The van der Waals surface area contributed by atoms with E-state index in [2.05, 4.69) is 406 Å². The van der Waals surface area contributed by atoms with Crippen molar-refractivity contribution in [3.63, 3.8) is 0 Å². The van der Waals surface area contributed by atoms with E-state index in [-0.39, 0.29) is 0 Å². The van der Waals surface area contributed by atoms with Crippen molar-refractivity contribution in [2.75, 3.05) is 0 Å². The third-order valence-electron chi connectivity index (χ3n) is 26.1. The maximum Gasteiger partial charge on any atom is 0.180 e. The number of thiophene rings is 1. The topological polar surface area (TPSA) is 83.4 Å². The number of fused-ring (bicyclic) bond motifs is 26. The van der Waals surface area contributed by atoms with Crippen LogP contribution < -0.4 is 0 Å². The van der Waals surface area contributed by atoms with Gasteiger partial charge in [0.15, 0.2) is 17.2 Å². The molecule has 10 heteroatoms. The van der Waals surface area contributed by atoms with Crippen molar-refractivity contribution >= 4 is 174 Å². The summed E-state index contributed by atoms with van der Waals surface area (Å²) >= 11 is 1.76. The summed E-state index contributed by atoms with van der Waals surface area (Å²) in [5, 5.41) is 17.2. The first-order valence-electron chi connectivity index (χ1n) is 42.8. The van der Waals surface area contributed by atoms with E-state index < -0.39 is 0 Å². The van der Waals surface area contributed by atoms with Crippen LogP contribution in [0.15, 0.2) is 417 Å². The van der Waals surface area contributed by atoms with Gasteiger partial charge in [-0.05, 0) is 172 Å². The van der Waals surface area contributed by atoms with Crippen molar-refractivity contribution in [2.45, 2.75) is 0 Å². The fraction of sp³-hybridized carbons (Fsp3) is 0. The van der Waals surface area contributed by atoms with Gasteiger partial charge in [-0.1, -0.05) is 285 Å². The van der Waals surface area contributed by atoms with Gasteiger partial charge in [-0.2, -0.15) is 0 Å². The molecule has 0 bridgehead atoms. The van der Waals surface area contributed by atoms with E-state index in [9.17, 15) is 0 Å². The summed E-state index contributed by atoms with van der Waals surface area (Å²) in [5.74, 6) is 1.37. The number of rotatable bonds is 10. The molecular formula is C116H68N8OS. The lowest BCUT2D eigenvalue weighted by atomic mass is 10.00. The molecule has 0 spiro atoms. The normalized spacial score (nSPS) is 12.1. The minimum atomic E-state index is 0.651. The molecule has 0 unspecified atom stereocenters. The molecule has 28 aromatic rings. The Kier molecular flexibility index (Phi) is 15.3. The molecule has 0 aliphatic heterocycles. The molecule has 0 aliphatic rings. The average Bonchev–Trinajstić information content (AvgIpc) is 1.52. The second kappa shape index (κ2) is 27.4. The molecule has 0 radical (unpaired) electrons. The molecule has 584 valence electrons. The van der Waals surface area contributed by atoms with Gasteiger partial charge in [-0.15, -0.1) is 11.3 Å². The van der Waals surface area contributed by atoms with Crippen LogP contribution in [0, 0.1) is 0 Å². The van der Waals surface area contributed by atoms with Gasteiger partial charge in [0.2, 0.25) is 0 Å². The molecule has 10 heterocycles. The first-order chi connectivity index (χ1) is 62.5. The van der Waals surface area contributed by atoms with Crippen molar-refractivity contribution in [3.8, 4) is 101 Å². The highest BCUT2D eigenvalue weighted by atomic mass is 32.1. The molecular weight excluding hydrogens is 1550 g/mol. The summed E-state index contributed by atoms with van der Waals surface area (Å²) in [5.41, 5.74) is 32.9. The van der Waals surface area contributed by atoms with Gasteiger partial charge < -0.3 is 22.4 Å². The van der Waals surface area contributed by atoms with E-state index in [1.807, 2.05) is 24.3 Å². The second-order valence-corrected chi connectivity index (χ2v) is 34.1. The predicted octanol–water partition coefficient (Wildman–Crippen LogP) is 31.1. The van der Waals surface area contributed by atoms with E-state index in [0.29, 0.717) is 11.4 Å². The van der Waals surface area contributed by atoms with Crippen molar-refractivity contribution in [1.29, 1.82) is 0 Å². The quantitative estimate of drug-likeness (QED) is 0.136. The summed E-state index contributed by atoms with van der Waals surface area (Å²) < 4.78 is 18.7. The van der Waals surface area contributed by atoms with Crippen LogP contribution in [0.2, 0.25) is 0 Å². The molecule has 0 aliphatic carbocycles. The molecule has 126 heavy (non-hydrogen) atoms. The lowest BCUT2D eigenvalue weighted by Crippen LogP contribution is -1.96. The summed E-state index contributed by atoms with van der Waals surface area (Å²) in [6, 6.07) is 148. The average molecular weight is 1620 g/mol. The Bertz CT molecular complexity index is 8750. The molecule has 10 aromatic heterocycles. The molecule has 0 N–H and O–H groups in total. The van der Waals surface area contributed by atoms with Crippen molar-refractivity contribution in [3.05, 3.63) is 413 Å². The van der Waals surface area contributed by atoms with Crippen LogP contribution in [-0.4, -0.2) is 37.9 Å². The van der Waals surface area contributed by atoms with E-state index in [1.54, 1.807) is 11.3 Å². The standard InChI is InChI=1S/C58H34N4O.C58H34N4S/c2*1-3-13-35(14-4-1)37-23-25-38(26-24-37)53-57-54(44-19-9-12-22-51(44)63-57)60-58(59-53)39-27-30-41(31-28-39)61-48-20-10-7-17-42(48)46-34-47-45-33-40(36-15-5-2-6-16-36)29-32-50(45)62-49-21-11-8-18-43(49)52(55(46)61)56(47)62/h2*1-34H. The van der Waals surface area contributed by atoms with Crippen LogP contribution in [-0.2, 0) is 0 Å². The van der Waals surface area contributed by atoms with Crippen molar-refractivity contribution in [2.24, 2.45) is 0 Å². The number of nitrogens with zero attached hydrogens (tertiary/aromatic N) is 8. The number of furan rings is 1. The smallest absolute Gasteiger partial charge is 0.180 e. The van der Waals surface area contributed by atoms with E-state index >= 15 is 0 Å². The third kappa shape index (κ3) is 10.5. The Labute approximate surface area is 724 Å². The lowest BCUT2D eigenvalue weighted by Gasteiger charge is -2.11. The number of hydrogen-bond acceptors (Lipinski definition) is 6. The zero-order valence-corrected chi connectivity index (χ0v) is 68.5. The molecule has 18 aromatic carbocycles. The Morgan fingerprint density at radius 3 is 1.04 bits per heavy atom. The van der Waals surface area contributed by atoms with Gasteiger partial charge in [-0.3, -0.25) is 0 Å².